The van der Waals surface area contributed by atoms with Gasteiger partial charge in [-0.15, -0.1) is 0 Å². The van der Waals surface area contributed by atoms with Crippen LogP contribution in [0.5, 0.6) is 0 Å². The quantitative estimate of drug-likeness (QED) is 0.292. The number of carbonyl (C=O) groups is 3. The number of benzene rings is 1. The third kappa shape index (κ3) is 5.60. The van der Waals surface area contributed by atoms with Gasteiger partial charge in [-0.05, 0) is 19.1 Å². The van der Waals surface area contributed by atoms with Gasteiger partial charge in [0.2, 0.25) is 0 Å². The summed E-state index contributed by atoms with van der Waals surface area (Å²) in [4.78, 5) is 36.7. The van der Waals surface area contributed by atoms with Crippen LogP contribution in [0.2, 0.25) is 5.02 Å². The molecule has 31 heavy (non-hydrogen) atoms. The maximum atomic E-state index is 13.4. The number of alkyl halides is 3. The van der Waals surface area contributed by atoms with Crippen molar-refractivity contribution in [3.8, 4) is 0 Å². The molecular formula is C19H17ClF5N3O3. The Labute approximate surface area is 178 Å². The molecule has 1 heterocycles. The third-order valence-electron chi connectivity index (χ3n) is 4.57. The molecule has 2 unspecified atom stereocenters. The highest BCUT2D eigenvalue weighted by Crippen LogP contribution is 2.28. The number of halogens is 6. The van der Waals surface area contributed by atoms with E-state index in [0.29, 0.717) is 6.07 Å². The van der Waals surface area contributed by atoms with Crippen molar-refractivity contribution in [1.82, 2.24) is 9.88 Å². The Bertz CT molecular complexity index is 1010. The van der Waals surface area contributed by atoms with E-state index in [1.165, 1.54) is 11.6 Å². The Morgan fingerprint density at radius 3 is 2.26 bits per heavy atom. The fourth-order valence-corrected chi connectivity index (χ4v) is 2.76. The van der Waals surface area contributed by atoms with Gasteiger partial charge in [-0.3, -0.25) is 14.4 Å². The van der Waals surface area contributed by atoms with E-state index in [9.17, 15) is 36.3 Å². The molecule has 168 valence electrons. The monoisotopic (exact) mass is 465 g/mol. The van der Waals surface area contributed by atoms with Crippen LogP contribution in [-0.2, 0) is 11.8 Å². The summed E-state index contributed by atoms with van der Waals surface area (Å²) in [7, 11) is 1.37. The number of rotatable bonds is 6. The number of hydrogen-bond donors (Lipinski definition) is 2. The van der Waals surface area contributed by atoms with Crippen LogP contribution in [0, 0.1) is 17.6 Å². The summed E-state index contributed by atoms with van der Waals surface area (Å²) in [5.41, 5.74) is -0.537. The Morgan fingerprint density at radius 1 is 1.10 bits per heavy atom. The highest BCUT2D eigenvalue weighted by molar-refractivity contribution is 6.43. The van der Waals surface area contributed by atoms with E-state index in [1.54, 1.807) is 0 Å². The minimum Gasteiger partial charge on any atom is -0.346 e. The molecule has 0 aliphatic rings. The highest BCUT2D eigenvalue weighted by atomic mass is 35.5. The molecule has 0 aliphatic heterocycles. The summed E-state index contributed by atoms with van der Waals surface area (Å²) in [5, 5.41) is 3.70. The summed E-state index contributed by atoms with van der Waals surface area (Å²) < 4.78 is 66.1. The molecule has 6 nitrogen and oxygen atoms in total. The molecule has 1 aromatic heterocycles. The zero-order valence-corrected chi connectivity index (χ0v) is 17.2. The summed E-state index contributed by atoms with van der Waals surface area (Å²) >= 11 is 5.52. The molecule has 2 atom stereocenters. The molecule has 0 radical (unpaired) electrons. The molecule has 0 saturated carbocycles. The zero-order valence-electron chi connectivity index (χ0n) is 16.4. The lowest BCUT2D eigenvalue weighted by molar-refractivity contribution is -0.176. The smallest absolute Gasteiger partial charge is 0.346 e. The first kappa shape index (κ1) is 24.3. The summed E-state index contributed by atoms with van der Waals surface area (Å²) in [6.45, 7) is 1.98. The molecule has 2 N–H and O–H groups in total. The largest absolute Gasteiger partial charge is 0.393 e. The second kappa shape index (κ2) is 9.04. The van der Waals surface area contributed by atoms with E-state index in [-0.39, 0.29) is 16.9 Å². The molecule has 2 rings (SSSR count). The van der Waals surface area contributed by atoms with Crippen molar-refractivity contribution in [3.05, 3.63) is 52.3 Å². The highest BCUT2D eigenvalue weighted by Gasteiger charge is 2.40. The number of aromatic nitrogens is 1. The molecule has 0 spiro atoms. The fourth-order valence-electron chi connectivity index (χ4n) is 2.55. The average Bonchev–Trinajstić information content (AvgIpc) is 3.05. The standard InChI is InChI=1S/C19H17ClF5N3O3/c1-8(19(23,24)25)9(2)26-18(31)16(29)10-4-14(28(3)7-10)17(30)27-11-5-12(20)15(22)13(21)6-11/h4-9H,1-3H3,(H,26,31)(H,27,30). The topological polar surface area (TPSA) is 80.2 Å². The van der Waals surface area contributed by atoms with Gasteiger partial charge in [0.15, 0.2) is 11.6 Å². The van der Waals surface area contributed by atoms with E-state index in [2.05, 4.69) is 5.32 Å². The van der Waals surface area contributed by atoms with Gasteiger partial charge in [0.05, 0.1) is 10.9 Å². The van der Waals surface area contributed by atoms with Gasteiger partial charge >= 0.3 is 6.18 Å². The zero-order chi connectivity index (χ0) is 23.7. The van der Waals surface area contributed by atoms with Crippen molar-refractivity contribution in [2.45, 2.75) is 26.1 Å². The van der Waals surface area contributed by atoms with Gasteiger partial charge in [0.1, 0.15) is 5.69 Å². The molecule has 2 amide bonds. The van der Waals surface area contributed by atoms with Gasteiger partial charge in [-0.2, -0.15) is 13.2 Å². The third-order valence-corrected chi connectivity index (χ3v) is 4.85. The van der Waals surface area contributed by atoms with Crippen LogP contribution in [-0.4, -0.2) is 34.4 Å². The van der Waals surface area contributed by atoms with Gasteiger partial charge in [0.25, 0.3) is 17.6 Å². The Hall–Kier alpha value is -2.95. The summed E-state index contributed by atoms with van der Waals surface area (Å²) in [5.74, 6) is -7.71. The predicted molar refractivity (Wildman–Crippen MR) is 102 cm³/mol. The Morgan fingerprint density at radius 2 is 1.71 bits per heavy atom. The van der Waals surface area contributed by atoms with Gasteiger partial charge in [-0.1, -0.05) is 18.5 Å². The predicted octanol–water partition coefficient (Wildman–Crippen LogP) is 4.09. The lowest BCUT2D eigenvalue weighted by Gasteiger charge is -2.23. The van der Waals surface area contributed by atoms with Crippen molar-refractivity contribution in [3.63, 3.8) is 0 Å². The van der Waals surface area contributed by atoms with Crippen molar-refractivity contribution < 1.29 is 36.3 Å². The minimum atomic E-state index is -4.56. The molecule has 12 heteroatoms. The lowest BCUT2D eigenvalue weighted by atomic mass is 10.0. The average molecular weight is 466 g/mol. The fraction of sp³-hybridized carbons (Fsp3) is 0.316. The van der Waals surface area contributed by atoms with Crippen LogP contribution in [0.25, 0.3) is 0 Å². The number of nitrogens with one attached hydrogen (secondary N) is 2. The van der Waals surface area contributed by atoms with E-state index < -0.39 is 52.4 Å². The van der Waals surface area contributed by atoms with Crippen molar-refractivity contribution in [1.29, 1.82) is 0 Å². The van der Waals surface area contributed by atoms with Crippen molar-refractivity contribution in [2.75, 3.05) is 5.32 Å². The first-order chi connectivity index (χ1) is 14.2. The van der Waals surface area contributed by atoms with Crippen molar-refractivity contribution >= 4 is 34.9 Å². The number of anilines is 1. The lowest BCUT2D eigenvalue weighted by Crippen LogP contribution is -2.45. The van der Waals surface area contributed by atoms with Crippen LogP contribution in [0.3, 0.4) is 0 Å². The molecule has 0 aliphatic carbocycles. The Kier molecular flexibility index (Phi) is 7.10. The Balaban J connectivity index is 2.15. The number of amides is 2. The molecular weight excluding hydrogens is 449 g/mol. The number of hydrogen-bond acceptors (Lipinski definition) is 3. The van der Waals surface area contributed by atoms with Crippen LogP contribution >= 0.6 is 11.6 Å². The maximum Gasteiger partial charge on any atom is 0.393 e. The normalized spacial score (nSPS) is 13.5. The second-order valence-electron chi connectivity index (χ2n) is 6.85. The van der Waals surface area contributed by atoms with Crippen LogP contribution < -0.4 is 10.6 Å². The molecule has 0 saturated heterocycles. The molecule has 2 aromatic rings. The van der Waals surface area contributed by atoms with E-state index in [0.717, 1.165) is 32.2 Å². The van der Waals surface area contributed by atoms with Crippen LogP contribution in [0.1, 0.15) is 34.7 Å². The number of aryl methyl sites for hydroxylation is 1. The number of nitrogens with zero attached hydrogens (tertiary/aromatic N) is 1. The van der Waals surface area contributed by atoms with Crippen LogP contribution in [0.15, 0.2) is 24.4 Å². The van der Waals surface area contributed by atoms with E-state index in [4.69, 9.17) is 11.6 Å². The second-order valence-corrected chi connectivity index (χ2v) is 7.26. The van der Waals surface area contributed by atoms with E-state index >= 15 is 0 Å². The molecule has 1 aromatic carbocycles. The first-order valence-corrected chi connectivity index (χ1v) is 9.14. The number of ketones is 1. The number of Topliss-reactive ketones (excluding diaryl/α,β-unsaturated/α-hetero) is 1. The molecule has 0 fully saturated rings. The SMILES string of the molecule is CC(NC(=O)C(=O)c1cc(C(=O)Nc2cc(F)c(F)c(Cl)c2)n(C)c1)C(C)C(F)(F)F. The minimum absolute atomic E-state index is 0.131. The number of carbonyl (C=O) groups excluding carboxylic acids is 3. The van der Waals surface area contributed by atoms with Gasteiger partial charge < -0.3 is 15.2 Å². The summed E-state index contributed by atoms with van der Waals surface area (Å²) in [6.07, 6.45) is -3.43. The van der Waals surface area contributed by atoms with Crippen LogP contribution in [0.4, 0.5) is 27.6 Å². The van der Waals surface area contributed by atoms with Crippen molar-refractivity contribution in [2.24, 2.45) is 13.0 Å². The maximum absolute atomic E-state index is 13.4. The van der Waals surface area contributed by atoms with Gasteiger partial charge in [-0.25, -0.2) is 8.78 Å². The summed E-state index contributed by atoms with van der Waals surface area (Å²) in [6, 6.07) is 1.35. The van der Waals surface area contributed by atoms with Gasteiger partial charge in [0, 0.05) is 36.6 Å². The molecule has 0 bridgehead atoms. The van der Waals surface area contributed by atoms with E-state index in [1.807, 2.05) is 5.32 Å². The first-order valence-electron chi connectivity index (χ1n) is 8.76.